The van der Waals surface area contributed by atoms with Gasteiger partial charge in [0.2, 0.25) is 17.7 Å². The second-order valence-electron chi connectivity index (χ2n) is 11.8. The van der Waals surface area contributed by atoms with Crippen molar-refractivity contribution in [2.45, 2.75) is 88.2 Å². The van der Waals surface area contributed by atoms with Gasteiger partial charge in [-0.3, -0.25) is 19.7 Å². The molecule has 8 nitrogen and oxygen atoms in total. The van der Waals surface area contributed by atoms with E-state index in [1.54, 1.807) is 12.1 Å². The van der Waals surface area contributed by atoms with Crippen molar-refractivity contribution in [2.75, 3.05) is 38.0 Å². The topological polar surface area (TPSA) is 102 Å². The average Bonchev–Trinajstić information content (AvgIpc) is 2.91. The number of anilines is 1. The van der Waals surface area contributed by atoms with Gasteiger partial charge in [-0.15, -0.1) is 0 Å². The zero-order valence-corrected chi connectivity index (χ0v) is 22.2. The number of hydrogen-bond acceptors (Lipinski definition) is 6. The first kappa shape index (κ1) is 27.1. The van der Waals surface area contributed by atoms with Crippen LogP contribution in [-0.2, 0) is 14.4 Å². The Morgan fingerprint density at radius 3 is 2.39 bits per heavy atom. The molecule has 9 heteroatoms. The quantitative estimate of drug-likeness (QED) is 0.491. The van der Waals surface area contributed by atoms with Crippen LogP contribution in [0.25, 0.3) is 0 Å². The lowest BCUT2D eigenvalue weighted by Crippen LogP contribution is -2.54. The van der Waals surface area contributed by atoms with E-state index in [-0.39, 0.29) is 41.8 Å². The van der Waals surface area contributed by atoms with E-state index < -0.39 is 11.6 Å². The molecule has 0 bridgehead atoms. The van der Waals surface area contributed by atoms with Gasteiger partial charge in [0.1, 0.15) is 11.9 Å². The fourth-order valence-electron chi connectivity index (χ4n) is 6.71. The average molecular weight is 529 g/mol. The first-order chi connectivity index (χ1) is 18.3. The lowest BCUT2D eigenvalue weighted by molar-refractivity contribution is -0.141. The molecule has 3 amide bonds. The highest BCUT2D eigenvalue weighted by atomic mass is 19.1. The summed E-state index contributed by atoms with van der Waals surface area (Å²) < 4.78 is 15.0. The third-order valence-electron chi connectivity index (χ3n) is 9.09. The Bertz CT molecular complexity index is 1030. The van der Waals surface area contributed by atoms with Crippen LogP contribution in [0.1, 0.15) is 82.1 Å². The Kier molecular flexibility index (Phi) is 8.33. The van der Waals surface area contributed by atoms with E-state index in [1.807, 2.05) is 4.90 Å². The van der Waals surface area contributed by atoms with Crippen molar-refractivity contribution in [3.05, 3.63) is 29.6 Å². The van der Waals surface area contributed by atoms with E-state index in [9.17, 15) is 19.5 Å². The second kappa shape index (κ2) is 11.7. The fraction of sp³-hybridized carbons (Fsp3) is 0.690. The van der Waals surface area contributed by atoms with Crippen LogP contribution in [0.2, 0.25) is 0 Å². The molecule has 38 heavy (non-hydrogen) atoms. The number of nitrogens with zero attached hydrogens (tertiary/aromatic N) is 2. The van der Waals surface area contributed by atoms with Crippen molar-refractivity contribution in [1.29, 1.82) is 0 Å². The largest absolute Gasteiger partial charge is 0.388 e. The molecule has 3 aliphatic heterocycles. The number of amides is 3. The van der Waals surface area contributed by atoms with Crippen molar-refractivity contribution in [3.8, 4) is 0 Å². The summed E-state index contributed by atoms with van der Waals surface area (Å²) in [6.07, 6.45) is 9.08. The molecule has 0 spiro atoms. The van der Waals surface area contributed by atoms with E-state index in [0.29, 0.717) is 50.1 Å². The predicted octanol–water partition coefficient (Wildman–Crippen LogP) is 3.16. The maximum Gasteiger partial charge on any atom is 0.249 e. The second-order valence-corrected chi connectivity index (χ2v) is 11.8. The Balaban J connectivity index is 1.08. The molecule has 1 aliphatic carbocycles. The molecule has 208 valence electrons. The van der Waals surface area contributed by atoms with Crippen LogP contribution in [-0.4, -0.2) is 77.0 Å². The summed E-state index contributed by atoms with van der Waals surface area (Å²) in [6.45, 7) is 3.46. The summed E-state index contributed by atoms with van der Waals surface area (Å²) in [5.74, 6) is -0.357. The minimum atomic E-state index is -0.773. The lowest BCUT2D eigenvalue weighted by atomic mass is 9.85. The minimum Gasteiger partial charge on any atom is -0.388 e. The van der Waals surface area contributed by atoms with Crippen molar-refractivity contribution >= 4 is 23.4 Å². The molecule has 3 saturated heterocycles. The summed E-state index contributed by atoms with van der Waals surface area (Å²) in [7, 11) is 0. The number of likely N-dealkylation sites (tertiary alicyclic amines) is 2. The molecule has 5 rings (SSSR count). The summed E-state index contributed by atoms with van der Waals surface area (Å²) in [5, 5.41) is 16.6. The Morgan fingerprint density at radius 2 is 1.74 bits per heavy atom. The number of β-amino-alcohol motifs (C(OH)–C–C–N with tert-alkyl or cyclic N) is 1. The van der Waals surface area contributed by atoms with Crippen LogP contribution in [0, 0.1) is 11.7 Å². The van der Waals surface area contributed by atoms with Crippen LogP contribution < -0.4 is 10.6 Å². The van der Waals surface area contributed by atoms with Gasteiger partial charge in [0.25, 0.3) is 0 Å². The zero-order valence-electron chi connectivity index (χ0n) is 22.2. The highest BCUT2D eigenvalue weighted by Gasteiger charge is 2.38. The number of carbonyl (C=O) groups is 3. The summed E-state index contributed by atoms with van der Waals surface area (Å²) in [4.78, 5) is 40.4. The maximum atomic E-state index is 15.0. The van der Waals surface area contributed by atoms with Gasteiger partial charge in [0.15, 0.2) is 0 Å². The molecule has 4 fully saturated rings. The Labute approximate surface area is 224 Å². The molecule has 1 unspecified atom stereocenters. The van der Waals surface area contributed by atoms with Crippen LogP contribution in [0.3, 0.4) is 0 Å². The van der Waals surface area contributed by atoms with Crippen molar-refractivity contribution in [2.24, 2.45) is 5.92 Å². The molecule has 3 heterocycles. The van der Waals surface area contributed by atoms with Crippen molar-refractivity contribution in [1.82, 2.24) is 15.1 Å². The van der Waals surface area contributed by atoms with Crippen LogP contribution >= 0.6 is 0 Å². The fourth-order valence-corrected chi connectivity index (χ4v) is 6.71. The molecule has 1 aromatic carbocycles. The number of imide groups is 1. The van der Waals surface area contributed by atoms with Crippen molar-refractivity contribution < 1.29 is 23.9 Å². The highest BCUT2D eigenvalue weighted by molar-refractivity contribution is 6.01. The number of carbonyl (C=O) groups excluding carboxylic acids is 3. The smallest absolute Gasteiger partial charge is 0.249 e. The maximum absolute atomic E-state index is 15.0. The first-order valence-electron chi connectivity index (χ1n) is 14.4. The third-order valence-corrected chi connectivity index (χ3v) is 9.09. The van der Waals surface area contributed by atoms with Gasteiger partial charge >= 0.3 is 0 Å². The predicted molar refractivity (Wildman–Crippen MR) is 142 cm³/mol. The number of halogens is 1. The van der Waals surface area contributed by atoms with E-state index >= 15 is 4.39 Å². The van der Waals surface area contributed by atoms with E-state index in [0.717, 1.165) is 51.6 Å². The molecule has 4 aliphatic rings. The van der Waals surface area contributed by atoms with Gasteiger partial charge in [0.05, 0.1) is 5.60 Å². The van der Waals surface area contributed by atoms with E-state index in [1.165, 1.54) is 12.5 Å². The zero-order chi connectivity index (χ0) is 26.7. The monoisotopic (exact) mass is 528 g/mol. The van der Waals surface area contributed by atoms with Crippen LogP contribution in [0.4, 0.5) is 10.1 Å². The van der Waals surface area contributed by atoms with Gasteiger partial charge in [-0.2, -0.15) is 0 Å². The summed E-state index contributed by atoms with van der Waals surface area (Å²) >= 11 is 0. The first-order valence-corrected chi connectivity index (χ1v) is 14.4. The minimum absolute atomic E-state index is 0.112. The van der Waals surface area contributed by atoms with E-state index in [4.69, 9.17) is 0 Å². The number of benzene rings is 1. The highest BCUT2D eigenvalue weighted by Crippen LogP contribution is 2.34. The summed E-state index contributed by atoms with van der Waals surface area (Å²) in [6, 6.07) is 4.51. The van der Waals surface area contributed by atoms with Gasteiger partial charge in [-0.1, -0.05) is 25.3 Å². The molecule has 0 aromatic heterocycles. The Morgan fingerprint density at radius 1 is 1.03 bits per heavy atom. The standard InChI is InChI=1S/C29H41FN4O4/c30-24-18-22(31-25-8-9-26(35)32-27(25)36)6-7-23(24)20-10-14-33(15-11-20)19-29(38)12-16-34(17-13-29)28(37)21-4-2-1-3-5-21/h6-7,18,20-21,25,31,38H,1-5,8-17,19H2,(H,32,35,36). The molecule has 3 N–H and O–H groups in total. The molecule has 0 radical (unpaired) electrons. The number of piperidine rings is 3. The van der Waals surface area contributed by atoms with Gasteiger partial charge in [-0.25, -0.2) is 4.39 Å². The molecule has 1 atom stereocenters. The Hall–Kier alpha value is -2.52. The molecule has 1 aromatic rings. The van der Waals surface area contributed by atoms with Gasteiger partial charge in [-0.05, 0) is 81.6 Å². The van der Waals surface area contributed by atoms with Gasteiger partial charge in [0, 0.05) is 37.7 Å². The molecular formula is C29H41FN4O4. The summed E-state index contributed by atoms with van der Waals surface area (Å²) in [5.41, 5.74) is 0.450. The number of aliphatic hydroxyl groups is 1. The number of hydrogen-bond donors (Lipinski definition) is 3. The number of rotatable bonds is 6. The van der Waals surface area contributed by atoms with Crippen molar-refractivity contribution in [3.63, 3.8) is 0 Å². The lowest BCUT2D eigenvalue weighted by Gasteiger charge is -2.43. The van der Waals surface area contributed by atoms with Gasteiger partial charge < -0.3 is 20.2 Å². The van der Waals surface area contributed by atoms with E-state index in [2.05, 4.69) is 15.5 Å². The van der Waals surface area contributed by atoms with Crippen LogP contribution in [0.15, 0.2) is 18.2 Å². The third kappa shape index (κ3) is 6.37. The SMILES string of the molecule is O=C1CCC(Nc2ccc(C3CCN(CC4(O)CCN(C(=O)C5CCCCC5)CC4)CC3)c(F)c2)C(=O)N1. The van der Waals surface area contributed by atoms with Crippen LogP contribution in [0.5, 0.6) is 0 Å². The molecular weight excluding hydrogens is 487 g/mol. The number of nitrogens with one attached hydrogen (secondary N) is 2. The molecule has 1 saturated carbocycles. The normalized spacial score (nSPS) is 25.7.